The maximum atomic E-state index is 13.4. The minimum atomic E-state index is -0.675. The Morgan fingerprint density at radius 3 is 2.00 bits per heavy atom. The van der Waals surface area contributed by atoms with E-state index in [2.05, 4.69) is 0 Å². The van der Waals surface area contributed by atoms with Gasteiger partial charge in [-0.3, -0.25) is 0 Å². The second-order valence-electron chi connectivity index (χ2n) is 4.10. The smallest absolute Gasteiger partial charge is 0.141 e. The van der Waals surface area contributed by atoms with Crippen LogP contribution in [0.2, 0.25) is 0 Å². The molecule has 15 heavy (non-hydrogen) atoms. The molecular formula is C11H11F2NS. The maximum Gasteiger partial charge on any atom is 0.141 e. The van der Waals surface area contributed by atoms with E-state index in [1.54, 1.807) is 6.07 Å². The molecule has 0 aromatic heterocycles. The van der Waals surface area contributed by atoms with Crippen molar-refractivity contribution in [3.63, 3.8) is 0 Å². The highest BCUT2D eigenvalue weighted by atomic mass is 32.2. The van der Waals surface area contributed by atoms with Crippen LogP contribution in [0.1, 0.15) is 26.3 Å². The molecule has 0 spiro atoms. The van der Waals surface area contributed by atoms with Gasteiger partial charge in [0, 0.05) is 4.75 Å². The van der Waals surface area contributed by atoms with Crippen LogP contribution in [0.5, 0.6) is 0 Å². The van der Waals surface area contributed by atoms with E-state index in [1.807, 2.05) is 20.8 Å². The molecule has 0 bridgehead atoms. The van der Waals surface area contributed by atoms with Gasteiger partial charge in [0.2, 0.25) is 0 Å². The molecular weight excluding hydrogens is 216 g/mol. The summed E-state index contributed by atoms with van der Waals surface area (Å²) in [6, 6.07) is 3.81. The van der Waals surface area contributed by atoms with E-state index < -0.39 is 11.6 Å². The molecule has 0 saturated carbocycles. The quantitative estimate of drug-likeness (QED) is 0.682. The Labute approximate surface area is 92.1 Å². The number of hydrogen-bond acceptors (Lipinski definition) is 2. The molecule has 0 aliphatic carbocycles. The third-order valence-corrected chi connectivity index (χ3v) is 2.74. The zero-order chi connectivity index (χ0) is 11.6. The van der Waals surface area contributed by atoms with Crippen LogP contribution in [-0.4, -0.2) is 4.75 Å². The van der Waals surface area contributed by atoms with Crippen molar-refractivity contribution >= 4 is 11.8 Å². The molecule has 0 amide bonds. The van der Waals surface area contributed by atoms with E-state index in [-0.39, 0.29) is 15.2 Å². The summed E-state index contributed by atoms with van der Waals surface area (Å²) in [5, 5.41) is 8.52. The molecule has 1 rings (SSSR count). The van der Waals surface area contributed by atoms with Gasteiger partial charge in [0.05, 0.1) is 16.5 Å². The van der Waals surface area contributed by atoms with E-state index in [4.69, 9.17) is 5.26 Å². The molecule has 0 N–H and O–H groups in total. The number of nitrogens with zero attached hydrogens (tertiary/aromatic N) is 1. The number of thioether (sulfide) groups is 1. The van der Waals surface area contributed by atoms with Crippen LogP contribution in [-0.2, 0) is 0 Å². The van der Waals surface area contributed by atoms with Gasteiger partial charge in [-0.1, -0.05) is 20.8 Å². The van der Waals surface area contributed by atoms with Crippen molar-refractivity contribution in [2.75, 3.05) is 0 Å². The fraction of sp³-hybridized carbons (Fsp3) is 0.364. The van der Waals surface area contributed by atoms with Crippen LogP contribution in [0, 0.1) is 23.0 Å². The van der Waals surface area contributed by atoms with Crippen LogP contribution in [0.15, 0.2) is 17.0 Å². The number of hydrogen-bond donors (Lipinski definition) is 0. The summed E-state index contributed by atoms with van der Waals surface area (Å²) < 4.78 is 26.6. The highest BCUT2D eigenvalue weighted by Crippen LogP contribution is 2.35. The topological polar surface area (TPSA) is 23.8 Å². The number of benzene rings is 1. The summed E-state index contributed by atoms with van der Waals surface area (Å²) in [6.45, 7) is 5.61. The first-order chi connectivity index (χ1) is 6.83. The molecule has 0 radical (unpaired) electrons. The Morgan fingerprint density at radius 1 is 1.20 bits per heavy atom. The van der Waals surface area contributed by atoms with Gasteiger partial charge in [0.1, 0.15) is 11.6 Å². The van der Waals surface area contributed by atoms with E-state index in [0.717, 1.165) is 23.9 Å². The summed E-state index contributed by atoms with van der Waals surface area (Å²) in [6.07, 6.45) is 0. The number of halogens is 2. The number of nitriles is 1. The van der Waals surface area contributed by atoms with Gasteiger partial charge < -0.3 is 0 Å². The lowest BCUT2D eigenvalue weighted by atomic mass is 10.2. The first-order valence-corrected chi connectivity index (χ1v) is 5.23. The van der Waals surface area contributed by atoms with Gasteiger partial charge in [-0.15, -0.1) is 11.8 Å². The standard InChI is InChI=1S/C11H11F2NS/c1-11(2,3)15-10-8(12)4-7(6-14)5-9(10)13/h4-5H,1-3H3. The fourth-order valence-corrected chi connectivity index (χ4v) is 1.95. The van der Waals surface area contributed by atoms with E-state index in [1.165, 1.54) is 0 Å². The average molecular weight is 227 g/mol. The monoisotopic (exact) mass is 227 g/mol. The van der Waals surface area contributed by atoms with Crippen LogP contribution in [0.25, 0.3) is 0 Å². The Bertz CT molecular complexity index is 393. The second kappa shape index (κ2) is 4.19. The second-order valence-corrected chi connectivity index (χ2v) is 5.93. The average Bonchev–Trinajstić information content (AvgIpc) is 2.09. The lowest BCUT2D eigenvalue weighted by molar-refractivity contribution is 0.538. The first kappa shape index (κ1) is 12.0. The molecule has 0 saturated heterocycles. The lowest BCUT2D eigenvalue weighted by Crippen LogP contribution is -2.08. The molecule has 0 unspecified atom stereocenters. The summed E-state index contributed by atoms with van der Waals surface area (Å²) in [4.78, 5) is -0.0264. The van der Waals surface area contributed by atoms with Crippen molar-refractivity contribution < 1.29 is 8.78 Å². The molecule has 0 atom stereocenters. The minimum absolute atomic E-state index is 0.00302. The molecule has 0 aliphatic rings. The van der Waals surface area contributed by atoms with Crippen molar-refractivity contribution in [3.05, 3.63) is 29.3 Å². The van der Waals surface area contributed by atoms with E-state index in [9.17, 15) is 8.78 Å². The molecule has 1 aromatic carbocycles. The molecule has 0 aliphatic heterocycles. The Morgan fingerprint density at radius 2 is 1.67 bits per heavy atom. The normalized spacial score (nSPS) is 11.2. The van der Waals surface area contributed by atoms with Crippen molar-refractivity contribution in [2.45, 2.75) is 30.4 Å². The van der Waals surface area contributed by atoms with Gasteiger partial charge in [-0.05, 0) is 12.1 Å². The largest absolute Gasteiger partial charge is 0.206 e. The summed E-state index contributed by atoms with van der Waals surface area (Å²) in [5.41, 5.74) is 0.00302. The van der Waals surface area contributed by atoms with Gasteiger partial charge >= 0.3 is 0 Å². The van der Waals surface area contributed by atoms with Crippen molar-refractivity contribution in [3.8, 4) is 6.07 Å². The van der Waals surface area contributed by atoms with Crippen molar-refractivity contribution in [1.82, 2.24) is 0 Å². The molecule has 4 heteroatoms. The Balaban J connectivity index is 3.16. The van der Waals surface area contributed by atoms with Gasteiger partial charge in [-0.25, -0.2) is 8.78 Å². The van der Waals surface area contributed by atoms with Crippen LogP contribution >= 0.6 is 11.8 Å². The number of rotatable bonds is 1. The summed E-state index contributed by atoms with van der Waals surface area (Å²) >= 11 is 1.11. The highest BCUT2D eigenvalue weighted by Gasteiger charge is 2.19. The minimum Gasteiger partial charge on any atom is -0.206 e. The fourth-order valence-electron chi connectivity index (χ4n) is 1.03. The lowest BCUT2D eigenvalue weighted by Gasteiger charge is -2.18. The predicted molar refractivity (Wildman–Crippen MR) is 56.7 cm³/mol. The van der Waals surface area contributed by atoms with Crippen LogP contribution in [0.4, 0.5) is 8.78 Å². The third kappa shape index (κ3) is 3.21. The van der Waals surface area contributed by atoms with E-state index >= 15 is 0 Å². The molecule has 0 fully saturated rings. The molecule has 1 aromatic rings. The van der Waals surface area contributed by atoms with Gasteiger partial charge in [0.25, 0.3) is 0 Å². The molecule has 1 nitrogen and oxygen atoms in total. The Kier molecular flexibility index (Phi) is 3.35. The first-order valence-electron chi connectivity index (χ1n) is 4.41. The predicted octanol–water partition coefficient (Wildman–Crippen LogP) is 3.73. The summed E-state index contributed by atoms with van der Waals surface area (Å²) in [7, 11) is 0. The zero-order valence-electron chi connectivity index (χ0n) is 8.77. The third-order valence-electron chi connectivity index (χ3n) is 1.54. The van der Waals surface area contributed by atoms with Gasteiger partial charge in [-0.2, -0.15) is 5.26 Å². The van der Waals surface area contributed by atoms with Gasteiger partial charge in [0.15, 0.2) is 0 Å². The molecule has 0 heterocycles. The van der Waals surface area contributed by atoms with Crippen LogP contribution < -0.4 is 0 Å². The van der Waals surface area contributed by atoms with Crippen molar-refractivity contribution in [1.29, 1.82) is 5.26 Å². The van der Waals surface area contributed by atoms with E-state index in [0.29, 0.717) is 0 Å². The maximum absolute atomic E-state index is 13.4. The Hall–Kier alpha value is -1.08. The SMILES string of the molecule is CC(C)(C)Sc1c(F)cc(C#N)cc1F. The molecule has 80 valence electrons. The van der Waals surface area contributed by atoms with Crippen LogP contribution in [0.3, 0.4) is 0 Å². The summed E-state index contributed by atoms with van der Waals surface area (Å²) in [5.74, 6) is -1.35. The van der Waals surface area contributed by atoms with Crippen molar-refractivity contribution in [2.24, 2.45) is 0 Å². The zero-order valence-corrected chi connectivity index (χ0v) is 9.58. The highest BCUT2D eigenvalue weighted by molar-refractivity contribution is 8.00.